The molecule has 27 heteroatoms. The molecular weight excluding hydrogens is 977 g/mol. The quantitative estimate of drug-likeness (QED) is 0.0329. The first kappa shape index (κ1) is 58.8. The van der Waals surface area contributed by atoms with Crippen LogP contribution in [0.2, 0.25) is 0 Å². The highest BCUT2D eigenvalue weighted by Crippen LogP contribution is 2.20. The molecule has 1 aliphatic rings. The van der Waals surface area contributed by atoms with E-state index in [2.05, 4.69) is 57.5 Å². The van der Waals surface area contributed by atoms with E-state index in [1.54, 1.807) is 42.6 Å². The lowest BCUT2D eigenvalue weighted by Crippen LogP contribution is -2.61. The highest BCUT2D eigenvalue weighted by atomic mass is 16.4. The number of guanidine groups is 2. The third-order valence-electron chi connectivity index (χ3n) is 11.8. The van der Waals surface area contributed by atoms with Gasteiger partial charge in [-0.1, -0.05) is 48.5 Å². The van der Waals surface area contributed by atoms with Crippen molar-refractivity contribution in [3.05, 3.63) is 71.9 Å². The molecule has 20 N–H and O–H groups in total. The van der Waals surface area contributed by atoms with Gasteiger partial charge in [0.1, 0.15) is 42.3 Å². The number of para-hydroxylation sites is 1. The number of aliphatic carboxylic acids is 1. The van der Waals surface area contributed by atoms with Gasteiger partial charge in [-0.2, -0.15) is 0 Å². The summed E-state index contributed by atoms with van der Waals surface area (Å²) in [7, 11) is 0. The summed E-state index contributed by atoms with van der Waals surface area (Å²) in [4.78, 5) is 147. The number of hydrogen-bond donors (Lipinski definition) is 15. The van der Waals surface area contributed by atoms with E-state index in [1.807, 2.05) is 18.2 Å². The minimum atomic E-state index is -1.93. The highest BCUT2D eigenvalue weighted by molar-refractivity contribution is 6.00. The van der Waals surface area contributed by atoms with Crippen molar-refractivity contribution in [2.24, 2.45) is 38.7 Å². The number of carbonyl (C=O) groups excluding carboxylic acids is 9. The van der Waals surface area contributed by atoms with Gasteiger partial charge >= 0.3 is 5.97 Å². The fourth-order valence-corrected chi connectivity index (χ4v) is 8.05. The average molecular weight is 1050 g/mol. The molecule has 0 bridgehead atoms. The molecule has 75 heavy (non-hydrogen) atoms. The summed E-state index contributed by atoms with van der Waals surface area (Å²) >= 11 is 0. The summed E-state index contributed by atoms with van der Waals surface area (Å²) in [6, 6.07) is 4.89. The van der Waals surface area contributed by atoms with Crippen LogP contribution in [-0.2, 0) is 60.8 Å². The van der Waals surface area contributed by atoms with Crippen molar-refractivity contribution < 1.29 is 53.1 Å². The number of carbonyl (C=O) groups is 10. The second-order valence-corrected chi connectivity index (χ2v) is 17.8. The Balaban J connectivity index is 1.78. The molecule has 4 rings (SSSR count). The number of benzene rings is 2. The maximum absolute atomic E-state index is 14.5. The van der Waals surface area contributed by atoms with Gasteiger partial charge in [-0.15, -0.1) is 0 Å². The lowest BCUT2D eigenvalue weighted by Gasteiger charge is -2.27. The van der Waals surface area contributed by atoms with E-state index < -0.39 is 114 Å². The van der Waals surface area contributed by atoms with Gasteiger partial charge in [-0.3, -0.25) is 57.9 Å². The number of rotatable bonds is 18. The fraction of sp³-hybridized carbons (Fsp3) is 0.458. The first-order chi connectivity index (χ1) is 35.7. The largest absolute Gasteiger partial charge is 0.481 e. The number of hydrogen-bond acceptors (Lipinski definition) is 12. The maximum Gasteiger partial charge on any atom is 0.305 e. The first-order valence-corrected chi connectivity index (χ1v) is 24.3. The average Bonchev–Trinajstić information content (AvgIpc) is 3.76. The first-order valence-electron chi connectivity index (χ1n) is 24.3. The number of fused-ring (bicyclic) bond motifs is 1. The van der Waals surface area contributed by atoms with Crippen LogP contribution >= 0.6 is 0 Å². The van der Waals surface area contributed by atoms with Crippen molar-refractivity contribution in [1.29, 1.82) is 0 Å². The molecule has 406 valence electrons. The molecule has 27 nitrogen and oxygen atoms in total. The van der Waals surface area contributed by atoms with E-state index in [0.29, 0.717) is 11.1 Å². The Bertz CT molecular complexity index is 2560. The lowest BCUT2D eigenvalue weighted by atomic mass is 10.0. The smallest absolute Gasteiger partial charge is 0.305 e. The van der Waals surface area contributed by atoms with Crippen LogP contribution in [0.3, 0.4) is 0 Å². The minimum absolute atomic E-state index is 0.0121. The molecule has 1 saturated heterocycles. The predicted octanol–water partition coefficient (Wildman–Crippen LogP) is -3.88. The molecule has 9 amide bonds. The number of aromatic amines is 1. The number of primary amides is 1. The number of nitrogens with two attached hydrogens (primary N) is 5. The van der Waals surface area contributed by atoms with E-state index >= 15 is 0 Å². The molecule has 7 atom stereocenters. The topological polar surface area (TPSA) is 458 Å². The van der Waals surface area contributed by atoms with Crippen LogP contribution in [0.4, 0.5) is 0 Å². The van der Waals surface area contributed by atoms with Gasteiger partial charge in [-0.25, -0.2) is 0 Å². The van der Waals surface area contributed by atoms with Crippen molar-refractivity contribution in [2.45, 2.75) is 120 Å². The van der Waals surface area contributed by atoms with Crippen LogP contribution in [0.5, 0.6) is 0 Å². The summed E-state index contributed by atoms with van der Waals surface area (Å²) in [5.74, 6) is -10.2. The Hall–Kier alpha value is -8.78. The van der Waals surface area contributed by atoms with Crippen molar-refractivity contribution in [3.63, 3.8) is 0 Å². The fourth-order valence-electron chi connectivity index (χ4n) is 8.05. The van der Waals surface area contributed by atoms with Crippen molar-refractivity contribution in [2.75, 3.05) is 19.6 Å². The Morgan fingerprint density at radius 1 is 0.707 bits per heavy atom. The normalized spacial score (nSPS) is 21.0. The minimum Gasteiger partial charge on any atom is -0.481 e. The number of nitrogens with one attached hydrogen (secondary N) is 9. The Labute approximate surface area is 431 Å². The molecular formula is C48H68N16O11. The monoisotopic (exact) mass is 1040 g/mol. The van der Waals surface area contributed by atoms with E-state index in [0.717, 1.165) is 17.8 Å². The van der Waals surface area contributed by atoms with Crippen molar-refractivity contribution in [1.82, 2.24) is 47.5 Å². The summed E-state index contributed by atoms with van der Waals surface area (Å²) in [5, 5.41) is 31.0. The van der Waals surface area contributed by atoms with Crippen molar-refractivity contribution in [3.8, 4) is 0 Å². The number of H-pyrrole nitrogens is 1. The van der Waals surface area contributed by atoms with E-state index in [9.17, 15) is 53.1 Å². The molecule has 1 aromatic heterocycles. The summed E-state index contributed by atoms with van der Waals surface area (Å²) in [6.07, 6.45) is 0.0388. The van der Waals surface area contributed by atoms with Crippen LogP contribution in [0.1, 0.15) is 75.8 Å². The number of aromatic nitrogens is 1. The van der Waals surface area contributed by atoms with E-state index in [-0.39, 0.29) is 89.3 Å². The molecule has 0 aliphatic carbocycles. The van der Waals surface area contributed by atoms with E-state index in [4.69, 9.17) is 28.7 Å². The Kier molecular flexibility index (Phi) is 23.3. The molecule has 2 aromatic carbocycles. The molecule has 0 spiro atoms. The van der Waals surface area contributed by atoms with Crippen LogP contribution in [-0.4, -0.2) is 143 Å². The highest BCUT2D eigenvalue weighted by Gasteiger charge is 2.36. The van der Waals surface area contributed by atoms with Gasteiger partial charge in [0.05, 0.1) is 12.8 Å². The lowest BCUT2D eigenvalue weighted by molar-refractivity contribution is -0.142. The summed E-state index contributed by atoms with van der Waals surface area (Å²) < 4.78 is 0. The molecule has 0 saturated carbocycles. The third-order valence-corrected chi connectivity index (χ3v) is 11.8. The molecule has 1 fully saturated rings. The number of nitrogens with zero attached hydrogens (tertiary/aromatic N) is 2. The Morgan fingerprint density at radius 2 is 1.29 bits per heavy atom. The van der Waals surface area contributed by atoms with Crippen LogP contribution in [0, 0.1) is 0 Å². The number of amides is 9. The predicted molar refractivity (Wildman–Crippen MR) is 274 cm³/mol. The van der Waals surface area contributed by atoms with E-state index in [1.165, 1.54) is 0 Å². The Morgan fingerprint density at radius 3 is 1.95 bits per heavy atom. The zero-order chi connectivity index (χ0) is 55.0. The molecule has 0 unspecified atom stereocenters. The van der Waals surface area contributed by atoms with Gasteiger partial charge in [0.2, 0.25) is 53.2 Å². The SMILES string of the molecule is CC(=O)N[C@@H](CCCN=C(N)N)C(=O)N[C@H]1CC(=O)NCCCC[C@@H](C(N)=O)NC(=O)[C@H](Cc2c[nH]c3ccccc23)NC(=O)[C@H](CCCN=C(N)N)NC(=O)[C@@H](Cc2ccccc2)NC(=O)[C@H](CC(=O)O)NC1=O. The molecule has 3 aromatic rings. The maximum atomic E-state index is 14.5. The van der Waals surface area contributed by atoms with Crippen LogP contribution in [0.25, 0.3) is 10.9 Å². The van der Waals surface area contributed by atoms with Gasteiger partial charge in [0.15, 0.2) is 11.9 Å². The molecule has 2 heterocycles. The number of carboxylic acids is 1. The number of carboxylic acid groups (broad SMARTS) is 1. The second kappa shape index (κ2) is 29.7. The zero-order valence-corrected chi connectivity index (χ0v) is 41.5. The van der Waals surface area contributed by atoms with Gasteiger partial charge < -0.3 is 81.3 Å². The molecule has 1 aliphatic heterocycles. The standard InChI is InChI=1S/C48H68N16O11/c1-26(65)58-32(16-9-19-55-47(50)51)41(70)63-36-23-38(66)54-18-8-7-15-31(40(49)69)59-44(73)35(22-28-25-57-30-14-6-5-13-29(28)30)62-42(71)33(17-10-20-56-48(52)53)60-43(72)34(21-27-11-3-2-4-12-27)61-46(75)37(24-39(67)68)64-45(36)74/h2-6,11-14,25,31-37,57H,7-10,15-24H2,1H3,(H2,49,69)(H,54,66)(H,58,65)(H,59,73)(H,60,72)(H,61,75)(H,62,71)(H,63,70)(H,64,74)(H,67,68)(H4,50,51,55)(H4,52,53,56)/t31-,32-,33-,34+,35-,36-,37-/m0/s1. The van der Waals surface area contributed by atoms with Gasteiger partial charge in [0.25, 0.3) is 0 Å². The van der Waals surface area contributed by atoms with Gasteiger partial charge in [-0.05, 0) is 62.1 Å². The van der Waals surface area contributed by atoms with Gasteiger partial charge in [0, 0.05) is 56.5 Å². The third kappa shape index (κ3) is 20.3. The second-order valence-electron chi connectivity index (χ2n) is 17.8. The summed E-state index contributed by atoms with van der Waals surface area (Å²) in [6.45, 7) is 1.18. The molecule has 0 radical (unpaired) electrons. The summed E-state index contributed by atoms with van der Waals surface area (Å²) in [5.41, 5.74) is 29.5. The van der Waals surface area contributed by atoms with Crippen LogP contribution < -0.4 is 71.2 Å². The van der Waals surface area contributed by atoms with Crippen molar-refractivity contribution >= 4 is 82.0 Å². The number of aliphatic imine (C=N–C) groups is 2. The van der Waals surface area contributed by atoms with Crippen LogP contribution in [0.15, 0.2) is 70.8 Å². The zero-order valence-electron chi connectivity index (χ0n) is 41.5.